The maximum atomic E-state index is 13.7. The van der Waals surface area contributed by atoms with Crippen molar-refractivity contribution in [2.24, 2.45) is 5.92 Å². The number of quaternary nitrogens is 1. The first-order valence-corrected chi connectivity index (χ1v) is 11.5. The molecule has 0 aliphatic carbocycles. The third kappa shape index (κ3) is 3.37. The number of ether oxygens (including phenoxy) is 1. The molecular weight excluding hydrogens is 402 g/mol. The monoisotopic (exact) mass is 432 g/mol. The highest BCUT2D eigenvalue weighted by atomic mass is 16.6. The van der Waals surface area contributed by atoms with E-state index in [1.165, 1.54) is 11.8 Å². The van der Waals surface area contributed by atoms with E-state index < -0.39 is 11.6 Å². The van der Waals surface area contributed by atoms with E-state index in [1.807, 2.05) is 12.1 Å². The standard InChI is InChI=1S/C27H30NO4/c1-20(22-9-4-2-5-10-22)28-16-14-21(15-17-28)19-25(28)32-26(29)27(30,24-13-8-18-31-24)23-11-6-3-7-12-23/h2-13,18,20-21,25,30H,14-17,19H2,1H3/q+1/t20?,21?,25-,27?,28?/m1/s1. The van der Waals surface area contributed by atoms with Crippen LogP contribution in [0, 0.1) is 5.92 Å². The average molecular weight is 433 g/mol. The topological polar surface area (TPSA) is 59.7 Å². The Kier molecular flexibility index (Phi) is 5.39. The molecule has 2 unspecified atom stereocenters. The SMILES string of the molecule is CC(c1ccccc1)[N+]12CCC(CC1)C[C@H]2OC(=O)C(O)(c1ccccc1)c1ccco1. The van der Waals surface area contributed by atoms with Gasteiger partial charge in [0.05, 0.1) is 19.4 Å². The quantitative estimate of drug-likeness (QED) is 0.450. The second kappa shape index (κ2) is 8.23. The van der Waals surface area contributed by atoms with E-state index in [4.69, 9.17) is 9.15 Å². The first-order valence-electron chi connectivity index (χ1n) is 11.5. The fourth-order valence-electron chi connectivity index (χ4n) is 5.67. The van der Waals surface area contributed by atoms with Gasteiger partial charge in [-0.25, -0.2) is 4.79 Å². The Hall–Kier alpha value is -2.89. The van der Waals surface area contributed by atoms with Crippen molar-refractivity contribution in [3.8, 4) is 0 Å². The molecule has 2 aromatic carbocycles. The minimum absolute atomic E-state index is 0.173. The highest BCUT2D eigenvalue weighted by molar-refractivity contribution is 5.84. The lowest BCUT2D eigenvalue weighted by Crippen LogP contribution is -2.66. The number of furan rings is 1. The fraction of sp³-hybridized carbons (Fsp3) is 0.370. The molecule has 3 atom stereocenters. The van der Waals surface area contributed by atoms with Gasteiger partial charge >= 0.3 is 5.97 Å². The van der Waals surface area contributed by atoms with Crippen molar-refractivity contribution in [1.82, 2.24) is 0 Å². The molecule has 0 saturated carbocycles. The molecule has 1 N–H and O–H groups in total. The summed E-state index contributed by atoms with van der Waals surface area (Å²) in [4.78, 5) is 13.7. The van der Waals surface area contributed by atoms with Gasteiger partial charge in [-0.05, 0) is 25.0 Å². The van der Waals surface area contributed by atoms with E-state index in [9.17, 15) is 9.90 Å². The number of carbonyl (C=O) groups is 1. The molecule has 3 saturated heterocycles. The molecule has 3 aliphatic rings. The molecule has 0 amide bonds. The Balaban J connectivity index is 1.49. The minimum atomic E-state index is -1.98. The Morgan fingerprint density at radius 1 is 1.03 bits per heavy atom. The number of hydrogen-bond donors (Lipinski definition) is 1. The third-order valence-corrected chi connectivity index (χ3v) is 7.68. The molecule has 3 fully saturated rings. The van der Waals surface area contributed by atoms with Crippen molar-refractivity contribution in [3.63, 3.8) is 0 Å². The van der Waals surface area contributed by atoms with E-state index >= 15 is 0 Å². The van der Waals surface area contributed by atoms with Gasteiger partial charge in [0.2, 0.25) is 11.8 Å². The largest absolute Gasteiger partial charge is 0.465 e. The molecule has 1 aromatic heterocycles. The van der Waals surface area contributed by atoms with Crippen LogP contribution in [0.4, 0.5) is 0 Å². The molecule has 4 heterocycles. The predicted octanol–water partition coefficient (Wildman–Crippen LogP) is 4.78. The van der Waals surface area contributed by atoms with Gasteiger partial charge in [0.15, 0.2) is 5.76 Å². The van der Waals surface area contributed by atoms with Crippen LogP contribution in [-0.2, 0) is 15.1 Å². The smallest absolute Gasteiger partial charge is 0.355 e. The molecule has 0 radical (unpaired) electrons. The first kappa shape index (κ1) is 21.0. The number of fused-ring (bicyclic) bond motifs is 3. The lowest BCUT2D eigenvalue weighted by Gasteiger charge is -2.56. The van der Waals surface area contributed by atoms with Crippen molar-refractivity contribution in [2.45, 2.75) is 44.1 Å². The lowest BCUT2D eigenvalue weighted by atomic mass is 9.81. The van der Waals surface area contributed by atoms with Crippen molar-refractivity contribution < 1.29 is 23.5 Å². The number of carbonyl (C=O) groups excluding carboxylic acids is 1. The Morgan fingerprint density at radius 3 is 2.31 bits per heavy atom. The summed E-state index contributed by atoms with van der Waals surface area (Å²) in [5, 5.41) is 11.7. The molecule has 32 heavy (non-hydrogen) atoms. The van der Waals surface area contributed by atoms with Crippen LogP contribution in [0.3, 0.4) is 0 Å². The van der Waals surface area contributed by atoms with Crippen LogP contribution >= 0.6 is 0 Å². The molecule has 2 bridgehead atoms. The fourth-order valence-corrected chi connectivity index (χ4v) is 5.67. The van der Waals surface area contributed by atoms with E-state index in [0.717, 1.165) is 36.8 Å². The zero-order valence-electron chi connectivity index (χ0n) is 18.4. The molecule has 3 aliphatic heterocycles. The summed E-state index contributed by atoms with van der Waals surface area (Å²) in [6.07, 6.45) is 4.29. The summed E-state index contributed by atoms with van der Waals surface area (Å²) >= 11 is 0. The van der Waals surface area contributed by atoms with E-state index in [0.29, 0.717) is 11.5 Å². The lowest BCUT2D eigenvalue weighted by molar-refractivity contribution is -1.01. The van der Waals surface area contributed by atoms with Gasteiger partial charge < -0.3 is 14.3 Å². The summed E-state index contributed by atoms with van der Waals surface area (Å²) in [6.45, 7) is 4.18. The van der Waals surface area contributed by atoms with E-state index in [1.54, 1.807) is 36.4 Å². The summed E-state index contributed by atoms with van der Waals surface area (Å²) in [5.74, 6) is 0.0606. The summed E-state index contributed by atoms with van der Waals surface area (Å²) in [6, 6.07) is 22.9. The number of hydrogen-bond acceptors (Lipinski definition) is 4. The average Bonchev–Trinajstić information content (AvgIpc) is 3.40. The molecular formula is C27H30NO4+. The Morgan fingerprint density at radius 2 is 1.69 bits per heavy atom. The van der Waals surface area contributed by atoms with Crippen LogP contribution in [0.25, 0.3) is 0 Å². The van der Waals surface area contributed by atoms with Crippen molar-refractivity contribution in [3.05, 3.63) is 95.9 Å². The zero-order valence-corrected chi connectivity index (χ0v) is 18.4. The number of nitrogens with zero attached hydrogens (tertiary/aromatic N) is 1. The number of benzene rings is 2. The van der Waals surface area contributed by atoms with Gasteiger partial charge in [-0.15, -0.1) is 0 Å². The Bertz CT molecular complexity index is 1040. The van der Waals surface area contributed by atoms with Crippen molar-refractivity contribution in [2.75, 3.05) is 13.1 Å². The Labute approximate surface area is 188 Å². The normalized spacial score (nSPS) is 27.4. The molecule has 6 rings (SSSR count). The highest BCUT2D eigenvalue weighted by Gasteiger charge is 2.55. The molecule has 166 valence electrons. The number of piperidine rings is 3. The molecule has 5 nitrogen and oxygen atoms in total. The third-order valence-electron chi connectivity index (χ3n) is 7.68. The van der Waals surface area contributed by atoms with Gasteiger partial charge in [0.1, 0.15) is 6.04 Å². The van der Waals surface area contributed by atoms with Crippen molar-refractivity contribution in [1.29, 1.82) is 0 Å². The second-order valence-corrected chi connectivity index (χ2v) is 9.23. The van der Waals surface area contributed by atoms with Crippen molar-refractivity contribution >= 4 is 5.97 Å². The van der Waals surface area contributed by atoms with Crippen LogP contribution in [0.5, 0.6) is 0 Å². The summed E-state index contributed by atoms with van der Waals surface area (Å²) in [5.41, 5.74) is -0.292. The first-order chi connectivity index (χ1) is 15.5. The van der Waals surface area contributed by atoms with Gasteiger partial charge in [0, 0.05) is 30.4 Å². The van der Waals surface area contributed by atoms with Crippen LogP contribution in [0.1, 0.15) is 49.1 Å². The van der Waals surface area contributed by atoms with E-state index in [2.05, 4.69) is 31.2 Å². The van der Waals surface area contributed by atoms with Gasteiger partial charge in [-0.2, -0.15) is 0 Å². The molecule has 3 aromatic rings. The predicted molar refractivity (Wildman–Crippen MR) is 120 cm³/mol. The van der Waals surface area contributed by atoms with Gasteiger partial charge in [-0.3, -0.25) is 4.48 Å². The zero-order chi connectivity index (χ0) is 22.2. The summed E-state index contributed by atoms with van der Waals surface area (Å²) in [7, 11) is 0. The van der Waals surface area contributed by atoms with E-state index in [-0.39, 0.29) is 18.0 Å². The molecule has 0 spiro atoms. The minimum Gasteiger partial charge on any atom is -0.465 e. The number of esters is 1. The number of aliphatic hydroxyl groups is 1. The molecule has 5 heteroatoms. The maximum Gasteiger partial charge on any atom is 0.355 e. The van der Waals surface area contributed by atoms with Crippen LogP contribution in [-0.4, -0.2) is 34.9 Å². The maximum absolute atomic E-state index is 13.7. The van der Waals surface area contributed by atoms with Crippen LogP contribution in [0.15, 0.2) is 83.5 Å². The van der Waals surface area contributed by atoms with Gasteiger partial charge in [-0.1, -0.05) is 60.7 Å². The second-order valence-electron chi connectivity index (χ2n) is 9.23. The summed E-state index contributed by atoms with van der Waals surface area (Å²) < 4.78 is 12.5. The highest BCUT2D eigenvalue weighted by Crippen LogP contribution is 2.46. The van der Waals surface area contributed by atoms with Gasteiger partial charge in [0.25, 0.3) is 0 Å². The van der Waals surface area contributed by atoms with Crippen LogP contribution in [0.2, 0.25) is 0 Å². The number of rotatable bonds is 6. The van der Waals surface area contributed by atoms with Crippen LogP contribution < -0.4 is 0 Å².